The molecule has 11 aromatic rings. The van der Waals surface area contributed by atoms with Crippen molar-refractivity contribution in [2.45, 2.75) is 0 Å². The molecule has 0 saturated carbocycles. The summed E-state index contributed by atoms with van der Waals surface area (Å²) in [5, 5.41) is 7.44. The fourth-order valence-electron chi connectivity index (χ4n) is 8.07. The molecule has 3 aromatic heterocycles. The largest absolute Gasteiger partial charge is 0.309 e. The maximum atomic E-state index is 5.15. The summed E-state index contributed by atoms with van der Waals surface area (Å²) in [6, 6.07) is 64.9. The number of hydrogen-bond donors (Lipinski definition) is 0. The molecule has 0 unspecified atom stereocenters. The molecule has 0 spiro atoms. The van der Waals surface area contributed by atoms with Gasteiger partial charge in [-0.15, -0.1) is 0 Å². The van der Waals surface area contributed by atoms with E-state index in [1.165, 1.54) is 54.4 Å². The van der Waals surface area contributed by atoms with Crippen LogP contribution < -0.4 is 0 Å². The van der Waals surface area contributed by atoms with Crippen LogP contribution in [-0.4, -0.2) is 19.1 Å². The standard InChI is InChI=1S/C48H30N4/c1-2-13-32(14-3-1)47-48(50-42-19-9-8-18-41(42)49-47)33-23-25-35(26-24-33)51-43-20-10-6-16-37(43)39-29-40-38-17-7-11-21-44(38)52(46(40)30-45(39)51)36-27-22-31-12-4-5-15-34(31)28-36/h1-30H. The summed E-state index contributed by atoms with van der Waals surface area (Å²) < 4.78 is 4.83. The van der Waals surface area contributed by atoms with Crippen molar-refractivity contribution in [2.75, 3.05) is 0 Å². The van der Waals surface area contributed by atoms with Gasteiger partial charge >= 0.3 is 0 Å². The minimum Gasteiger partial charge on any atom is -0.309 e. The first-order valence-electron chi connectivity index (χ1n) is 17.7. The minimum absolute atomic E-state index is 0.875. The normalized spacial score (nSPS) is 11.8. The molecule has 0 amide bonds. The van der Waals surface area contributed by atoms with E-state index >= 15 is 0 Å². The SMILES string of the molecule is c1ccc(-c2nc3ccccc3nc2-c2ccc(-n3c4ccccc4c4cc5c6ccccc6n(-c6ccc7ccccc7c6)c5cc43)cc2)cc1. The molecule has 0 radical (unpaired) electrons. The fourth-order valence-corrected chi connectivity index (χ4v) is 8.07. The quantitative estimate of drug-likeness (QED) is 0.188. The van der Waals surface area contributed by atoms with Crippen LogP contribution in [0.1, 0.15) is 0 Å². The van der Waals surface area contributed by atoms with Crippen LogP contribution in [0.3, 0.4) is 0 Å². The maximum Gasteiger partial charge on any atom is 0.0973 e. The Kier molecular flexibility index (Phi) is 6.22. The predicted molar refractivity (Wildman–Crippen MR) is 217 cm³/mol. The van der Waals surface area contributed by atoms with Gasteiger partial charge in [-0.1, -0.05) is 121 Å². The van der Waals surface area contributed by atoms with Crippen molar-refractivity contribution in [3.05, 3.63) is 182 Å². The first kappa shape index (κ1) is 28.8. The topological polar surface area (TPSA) is 35.6 Å². The summed E-state index contributed by atoms with van der Waals surface area (Å²) >= 11 is 0. The molecule has 0 fully saturated rings. The third kappa shape index (κ3) is 4.34. The third-order valence-electron chi connectivity index (χ3n) is 10.5. The Morgan fingerprint density at radius 2 is 0.808 bits per heavy atom. The van der Waals surface area contributed by atoms with E-state index in [4.69, 9.17) is 9.97 Å². The monoisotopic (exact) mass is 662 g/mol. The molecule has 3 heterocycles. The summed E-state index contributed by atoms with van der Waals surface area (Å²) in [5.74, 6) is 0. The van der Waals surface area contributed by atoms with Crippen molar-refractivity contribution in [1.29, 1.82) is 0 Å². The molecular weight excluding hydrogens is 633 g/mol. The fraction of sp³-hybridized carbons (Fsp3) is 0. The highest BCUT2D eigenvalue weighted by molar-refractivity contribution is 6.19. The van der Waals surface area contributed by atoms with Gasteiger partial charge in [0.1, 0.15) is 0 Å². The average molecular weight is 663 g/mol. The molecule has 0 aliphatic rings. The molecule has 0 aliphatic carbocycles. The molecule has 8 aromatic carbocycles. The Balaban J connectivity index is 1.14. The van der Waals surface area contributed by atoms with Gasteiger partial charge in [0.2, 0.25) is 0 Å². The van der Waals surface area contributed by atoms with E-state index in [1.807, 2.05) is 30.3 Å². The van der Waals surface area contributed by atoms with Crippen LogP contribution in [-0.2, 0) is 0 Å². The van der Waals surface area contributed by atoms with Gasteiger partial charge in [-0.2, -0.15) is 0 Å². The number of aromatic nitrogens is 4. The Bertz CT molecular complexity index is 3170. The summed E-state index contributed by atoms with van der Waals surface area (Å²) in [6.45, 7) is 0. The molecule has 11 rings (SSSR count). The van der Waals surface area contributed by atoms with Gasteiger partial charge in [-0.05, 0) is 71.4 Å². The van der Waals surface area contributed by atoms with E-state index in [0.29, 0.717) is 0 Å². The number of para-hydroxylation sites is 4. The molecule has 4 nitrogen and oxygen atoms in total. The molecule has 0 bridgehead atoms. The minimum atomic E-state index is 0.875. The third-order valence-corrected chi connectivity index (χ3v) is 10.5. The average Bonchev–Trinajstić information content (AvgIpc) is 3.71. The molecular formula is C48H30N4. The van der Waals surface area contributed by atoms with Gasteiger partial charge in [0.25, 0.3) is 0 Å². The van der Waals surface area contributed by atoms with E-state index in [0.717, 1.165) is 44.9 Å². The highest BCUT2D eigenvalue weighted by atomic mass is 15.0. The van der Waals surface area contributed by atoms with Crippen molar-refractivity contribution in [1.82, 2.24) is 19.1 Å². The summed E-state index contributed by atoms with van der Waals surface area (Å²) in [5.41, 5.74) is 12.6. The first-order chi connectivity index (χ1) is 25.8. The lowest BCUT2D eigenvalue weighted by Gasteiger charge is -2.13. The highest BCUT2D eigenvalue weighted by Crippen LogP contribution is 2.40. The van der Waals surface area contributed by atoms with Crippen molar-refractivity contribution in [3.8, 4) is 33.9 Å². The Morgan fingerprint density at radius 1 is 0.308 bits per heavy atom. The molecule has 0 atom stereocenters. The van der Waals surface area contributed by atoms with E-state index < -0.39 is 0 Å². The van der Waals surface area contributed by atoms with Gasteiger partial charge in [0, 0.05) is 44.0 Å². The van der Waals surface area contributed by atoms with Crippen LogP contribution >= 0.6 is 0 Å². The number of fused-ring (bicyclic) bond motifs is 8. The van der Waals surface area contributed by atoms with Gasteiger partial charge in [0.15, 0.2) is 0 Å². The summed E-state index contributed by atoms with van der Waals surface area (Å²) in [4.78, 5) is 10.3. The zero-order chi connectivity index (χ0) is 34.2. The lowest BCUT2D eigenvalue weighted by Crippen LogP contribution is -1.97. The Labute approximate surface area is 299 Å². The molecule has 0 aliphatic heterocycles. The van der Waals surface area contributed by atoms with E-state index in [9.17, 15) is 0 Å². The van der Waals surface area contributed by atoms with Crippen LogP contribution in [0.25, 0.3) is 99.3 Å². The number of nitrogens with zero attached hydrogens (tertiary/aromatic N) is 4. The van der Waals surface area contributed by atoms with Gasteiger partial charge in [-0.3, -0.25) is 0 Å². The molecule has 0 saturated heterocycles. The second-order valence-corrected chi connectivity index (χ2v) is 13.4. The predicted octanol–water partition coefficient (Wildman–Crippen LogP) is 12.3. The summed E-state index contributed by atoms with van der Waals surface area (Å²) in [6.07, 6.45) is 0. The van der Waals surface area contributed by atoms with E-state index in [2.05, 4.69) is 161 Å². The van der Waals surface area contributed by atoms with E-state index in [-0.39, 0.29) is 0 Å². The van der Waals surface area contributed by atoms with Crippen LogP contribution in [0.15, 0.2) is 182 Å². The lowest BCUT2D eigenvalue weighted by molar-refractivity contribution is 1.17. The smallest absolute Gasteiger partial charge is 0.0973 e. The van der Waals surface area contributed by atoms with Crippen molar-refractivity contribution >= 4 is 65.4 Å². The van der Waals surface area contributed by atoms with Crippen molar-refractivity contribution < 1.29 is 0 Å². The van der Waals surface area contributed by atoms with Crippen molar-refractivity contribution in [3.63, 3.8) is 0 Å². The second kappa shape index (κ2) is 11.2. The van der Waals surface area contributed by atoms with Crippen LogP contribution in [0.5, 0.6) is 0 Å². The van der Waals surface area contributed by atoms with Gasteiger partial charge in [0.05, 0.1) is 44.5 Å². The van der Waals surface area contributed by atoms with Crippen LogP contribution in [0, 0.1) is 0 Å². The molecule has 242 valence electrons. The first-order valence-corrected chi connectivity index (χ1v) is 17.7. The van der Waals surface area contributed by atoms with Gasteiger partial charge < -0.3 is 9.13 Å². The van der Waals surface area contributed by atoms with Crippen LogP contribution in [0.4, 0.5) is 0 Å². The highest BCUT2D eigenvalue weighted by Gasteiger charge is 2.19. The Morgan fingerprint density at radius 3 is 1.46 bits per heavy atom. The number of hydrogen-bond acceptors (Lipinski definition) is 2. The molecule has 4 heteroatoms. The lowest BCUT2D eigenvalue weighted by atomic mass is 10.0. The van der Waals surface area contributed by atoms with Crippen LogP contribution in [0.2, 0.25) is 0 Å². The molecule has 0 N–H and O–H groups in total. The Hall–Kier alpha value is -7.04. The molecule has 52 heavy (non-hydrogen) atoms. The zero-order valence-electron chi connectivity index (χ0n) is 28.1. The van der Waals surface area contributed by atoms with E-state index in [1.54, 1.807) is 0 Å². The summed E-state index contributed by atoms with van der Waals surface area (Å²) in [7, 11) is 0. The zero-order valence-corrected chi connectivity index (χ0v) is 28.1. The number of rotatable bonds is 4. The number of benzene rings is 8. The second-order valence-electron chi connectivity index (χ2n) is 13.4. The van der Waals surface area contributed by atoms with Gasteiger partial charge in [-0.25, -0.2) is 9.97 Å². The maximum absolute atomic E-state index is 5.15. The van der Waals surface area contributed by atoms with Crippen molar-refractivity contribution in [2.24, 2.45) is 0 Å².